The highest BCUT2D eigenvalue weighted by atomic mass is 16.6. The van der Waals surface area contributed by atoms with Crippen LogP contribution in [-0.2, 0) is 0 Å². The van der Waals surface area contributed by atoms with E-state index in [4.69, 9.17) is 0 Å². The second-order valence-corrected chi connectivity index (χ2v) is 3.11. The van der Waals surface area contributed by atoms with Crippen LogP contribution in [0.25, 0.3) is 0 Å². The van der Waals surface area contributed by atoms with Gasteiger partial charge in [-0.1, -0.05) is 13.3 Å². The standard InChI is InChI=1S/C7H13NO2/c1-6-4-2-3-5-7(6)8(9)10/h6-7H,2-5H2,1H3. The van der Waals surface area contributed by atoms with Crippen LogP contribution >= 0.6 is 0 Å². The van der Waals surface area contributed by atoms with Gasteiger partial charge in [0.15, 0.2) is 0 Å². The smallest absolute Gasteiger partial charge is 0.215 e. The Hall–Kier alpha value is -0.600. The summed E-state index contributed by atoms with van der Waals surface area (Å²) in [6, 6.07) is -0.256. The molecular weight excluding hydrogens is 130 g/mol. The van der Waals surface area contributed by atoms with E-state index in [1.807, 2.05) is 6.92 Å². The lowest BCUT2D eigenvalue weighted by Crippen LogP contribution is -2.30. The van der Waals surface area contributed by atoms with Crippen molar-refractivity contribution in [2.24, 2.45) is 5.92 Å². The van der Waals surface area contributed by atoms with E-state index in [1.165, 1.54) is 6.42 Å². The van der Waals surface area contributed by atoms with E-state index < -0.39 is 0 Å². The average molecular weight is 143 g/mol. The Morgan fingerprint density at radius 1 is 1.40 bits per heavy atom. The molecule has 1 aliphatic carbocycles. The molecule has 1 fully saturated rings. The van der Waals surface area contributed by atoms with Crippen LogP contribution in [-0.4, -0.2) is 11.0 Å². The Balaban J connectivity index is 2.47. The summed E-state index contributed by atoms with van der Waals surface area (Å²) in [7, 11) is 0. The molecule has 1 saturated carbocycles. The van der Waals surface area contributed by atoms with Crippen LogP contribution in [0, 0.1) is 16.0 Å². The molecule has 0 aromatic heterocycles. The molecule has 0 N–H and O–H groups in total. The maximum absolute atomic E-state index is 10.4. The molecule has 0 aliphatic heterocycles. The summed E-state index contributed by atoms with van der Waals surface area (Å²) in [4.78, 5) is 10.2. The Morgan fingerprint density at radius 3 is 2.40 bits per heavy atom. The highest BCUT2D eigenvalue weighted by molar-refractivity contribution is 4.70. The first-order valence-electron chi connectivity index (χ1n) is 3.85. The molecule has 3 heteroatoms. The van der Waals surface area contributed by atoms with Crippen LogP contribution in [0.15, 0.2) is 0 Å². The Bertz CT molecular complexity index is 136. The molecule has 2 atom stereocenters. The van der Waals surface area contributed by atoms with E-state index in [1.54, 1.807) is 0 Å². The van der Waals surface area contributed by atoms with E-state index in [-0.39, 0.29) is 11.0 Å². The van der Waals surface area contributed by atoms with Crippen LogP contribution < -0.4 is 0 Å². The van der Waals surface area contributed by atoms with Crippen molar-refractivity contribution >= 4 is 0 Å². The van der Waals surface area contributed by atoms with Crippen molar-refractivity contribution in [3.63, 3.8) is 0 Å². The zero-order chi connectivity index (χ0) is 7.56. The van der Waals surface area contributed by atoms with Gasteiger partial charge in [-0.15, -0.1) is 0 Å². The lowest BCUT2D eigenvalue weighted by molar-refractivity contribution is -0.534. The molecule has 0 aromatic carbocycles. The van der Waals surface area contributed by atoms with E-state index in [2.05, 4.69) is 0 Å². The molecule has 1 aliphatic rings. The van der Waals surface area contributed by atoms with Crippen molar-refractivity contribution in [1.82, 2.24) is 0 Å². The number of nitrogens with zero attached hydrogens (tertiary/aromatic N) is 1. The summed E-state index contributed by atoms with van der Waals surface area (Å²) in [5.41, 5.74) is 0. The molecule has 1 rings (SSSR count). The van der Waals surface area contributed by atoms with Crippen molar-refractivity contribution in [2.45, 2.75) is 38.6 Å². The fraction of sp³-hybridized carbons (Fsp3) is 1.00. The van der Waals surface area contributed by atoms with Gasteiger partial charge in [-0.25, -0.2) is 0 Å². The summed E-state index contributed by atoms with van der Waals surface area (Å²) < 4.78 is 0. The molecule has 58 valence electrons. The second-order valence-electron chi connectivity index (χ2n) is 3.11. The molecule has 2 unspecified atom stereocenters. The van der Waals surface area contributed by atoms with Crippen LogP contribution in [0.5, 0.6) is 0 Å². The van der Waals surface area contributed by atoms with Crippen LogP contribution in [0.1, 0.15) is 32.6 Å². The molecule has 0 saturated heterocycles. The molecule has 0 amide bonds. The fourth-order valence-electron chi connectivity index (χ4n) is 1.61. The molecule has 10 heavy (non-hydrogen) atoms. The minimum atomic E-state index is -0.256. The molecule has 0 spiro atoms. The Morgan fingerprint density at radius 2 is 2.00 bits per heavy atom. The second kappa shape index (κ2) is 2.99. The lowest BCUT2D eigenvalue weighted by Gasteiger charge is -2.21. The minimum Gasteiger partial charge on any atom is -0.264 e. The molecule has 3 nitrogen and oxygen atoms in total. The molecule has 0 heterocycles. The predicted molar refractivity (Wildman–Crippen MR) is 38.4 cm³/mol. The van der Waals surface area contributed by atoms with E-state index in [0.717, 1.165) is 19.3 Å². The van der Waals surface area contributed by atoms with Crippen molar-refractivity contribution in [3.05, 3.63) is 10.1 Å². The van der Waals surface area contributed by atoms with Crippen LogP contribution in [0.2, 0.25) is 0 Å². The molecule has 0 bridgehead atoms. The molecular formula is C7H13NO2. The summed E-state index contributed by atoms with van der Waals surface area (Å²) in [6.45, 7) is 1.98. The maximum Gasteiger partial charge on any atom is 0.215 e. The SMILES string of the molecule is CC1CCCCC1[N+](=O)[O-]. The lowest BCUT2D eigenvalue weighted by atomic mass is 9.86. The van der Waals surface area contributed by atoms with Crippen molar-refractivity contribution < 1.29 is 4.92 Å². The largest absolute Gasteiger partial charge is 0.264 e. The Labute approximate surface area is 60.6 Å². The quantitative estimate of drug-likeness (QED) is 0.415. The first-order chi connectivity index (χ1) is 4.72. The van der Waals surface area contributed by atoms with Gasteiger partial charge >= 0.3 is 0 Å². The number of nitro groups is 1. The average Bonchev–Trinajstić information content (AvgIpc) is 1.88. The zero-order valence-corrected chi connectivity index (χ0v) is 6.25. The van der Waals surface area contributed by atoms with Gasteiger partial charge in [0.05, 0.1) is 0 Å². The van der Waals surface area contributed by atoms with E-state index >= 15 is 0 Å². The third kappa shape index (κ3) is 1.46. The minimum absolute atomic E-state index is 0.121. The monoisotopic (exact) mass is 143 g/mol. The topological polar surface area (TPSA) is 43.1 Å². The van der Waals surface area contributed by atoms with Crippen molar-refractivity contribution in [2.75, 3.05) is 0 Å². The van der Waals surface area contributed by atoms with Crippen LogP contribution in [0.3, 0.4) is 0 Å². The summed E-state index contributed by atoms with van der Waals surface area (Å²) in [5.74, 6) is 0.295. The van der Waals surface area contributed by atoms with Crippen molar-refractivity contribution in [1.29, 1.82) is 0 Å². The van der Waals surface area contributed by atoms with Gasteiger partial charge in [0.25, 0.3) is 0 Å². The first kappa shape index (κ1) is 7.51. The maximum atomic E-state index is 10.4. The zero-order valence-electron chi connectivity index (χ0n) is 6.25. The number of hydrogen-bond donors (Lipinski definition) is 0. The first-order valence-corrected chi connectivity index (χ1v) is 3.85. The fourth-order valence-corrected chi connectivity index (χ4v) is 1.61. The van der Waals surface area contributed by atoms with Gasteiger partial charge < -0.3 is 0 Å². The summed E-state index contributed by atoms with van der Waals surface area (Å²) in [5, 5.41) is 10.4. The normalized spacial score (nSPS) is 33.7. The Kier molecular flexibility index (Phi) is 2.25. The predicted octanol–water partition coefficient (Wildman–Crippen LogP) is 1.84. The summed E-state index contributed by atoms with van der Waals surface area (Å²) in [6.07, 6.45) is 4.03. The van der Waals surface area contributed by atoms with Gasteiger partial charge in [-0.2, -0.15) is 0 Å². The van der Waals surface area contributed by atoms with E-state index in [9.17, 15) is 10.1 Å². The highest BCUT2D eigenvalue weighted by Gasteiger charge is 2.29. The number of rotatable bonds is 1. The number of hydrogen-bond acceptors (Lipinski definition) is 2. The summed E-state index contributed by atoms with van der Waals surface area (Å²) >= 11 is 0. The van der Waals surface area contributed by atoms with Gasteiger partial charge in [-0.3, -0.25) is 10.1 Å². The third-order valence-electron chi connectivity index (χ3n) is 2.34. The third-order valence-corrected chi connectivity index (χ3v) is 2.34. The highest BCUT2D eigenvalue weighted by Crippen LogP contribution is 2.25. The van der Waals surface area contributed by atoms with Gasteiger partial charge in [0.1, 0.15) is 0 Å². The van der Waals surface area contributed by atoms with Crippen molar-refractivity contribution in [3.8, 4) is 0 Å². The van der Waals surface area contributed by atoms with E-state index in [0.29, 0.717) is 5.92 Å². The molecule has 0 aromatic rings. The molecule has 0 radical (unpaired) electrons. The van der Waals surface area contributed by atoms with Gasteiger partial charge in [0.2, 0.25) is 6.04 Å². The van der Waals surface area contributed by atoms with Gasteiger partial charge in [-0.05, 0) is 12.8 Å². The van der Waals surface area contributed by atoms with Crippen LogP contribution in [0.4, 0.5) is 0 Å². The van der Waals surface area contributed by atoms with Gasteiger partial charge in [0, 0.05) is 17.3 Å².